The molecule has 0 amide bonds. The Morgan fingerprint density at radius 2 is 2.19 bits per heavy atom. The number of hydrogen-bond donors (Lipinski definition) is 2. The largest absolute Gasteiger partial charge is 0.389 e. The summed E-state index contributed by atoms with van der Waals surface area (Å²) in [6.07, 6.45) is 3.04. The summed E-state index contributed by atoms with van der Waals surface area (Å²) in [4.78, 5) is 0. The van der Waals surface area contributed by atoms with Crippen molar-refractivity contribution in [2.45, 2.75) is 38.3 Å². The maximum Gasteiger partial charge on any atom is 0.0771 e. The van der Waals surface area contributed by atoms with Gasteiger partial charge in [0.25, 0.3) is 0 Å². The van der Waals surface area contributed by atoms with Crippen LogP contribution in [-0.2, 0) is 6.54 Å². The quantitative estimate of drug-likeness (QED) is 0.891. The Bertz CT molecular complexity index is 374. The Hall–Kier alpha value is -0.380. The zero-order valence-corrected chi connectivity index (χ0v) is 11.2. The molecule has 1 aliphatic carbocycles. The summed E-state index contributed by atoms with van der Waals surface area (Å²) >= 11 is 3.56. The molecule has 3 heteroatoms. The van der Waals surface area contributed by atoms with Gasteiger partial charge in [-0.2, -0.15) is 0 Å². The highest BCUT2D eigenvalue weighted by atomic mass is 79.9. The van der Waals surface area contributed by atoms with E-state index in [0.717, 1.165) is 30.3 Å². The number of nitrogens with one attached hydrogen (secondary N) is 1. The van der Waals surface area contributed by atoms with Gasteiger partial charge in [0.15, 0.2) is 0 Å². The lowest BCUT2D eigenvalue weighted by atomic mass is 9.80. The van der Waals surface area contributed by atoms with Crippen LogP contribution in [0, 0.1) is 6.92 Å². The predicted molar refractivity (Wildman–Crippen MR) is 69.4 cm³/mol. The van der Waals surface area contributed by atoms with E-state index >= 15 is 0 Å². The van der Waals surface area contributed by atoms with Crippen molar-refractivity contribution in [2.75, 3.05) is 6.54 Å². The normalized spacial score (nSPS) is 18.2. The van der Waals surface area contributed by atoms with Gasteiger partial charge in [0.05, 0.1) is 5.60 Å². The van der Waals surface area contributed by atoms with Crippen molar-refractivity contribution in [1.82, 2.24) is 5.32 Å². The van der Waals surface area contributed by atoms with Crippen LogP contribution in [0.25, 0.3) is 0 Å². The molecule has 88 valence electrons. The number of halogens is 1. The third-order valence-corrected chi connectivity index (χ3v) is 4.00. The van der Waals surface area contributed by atoms with Gasteiger partial charge in [0.1, 0.15) is 0 Å². The Morgan fingerprint density at radius 1 is 1.44 bits per heavy atom. The van der Waals surface area contributed by atoms with Crippen molar-refractivity contribution < 1.29 is 5.11 Å². The number of aryl methyl sites for hydroxylation is 1. The minimum absolute atomic E-state index is 0.433. The fourth-order valence-electron chi connectivity index (χ4n) is 1.99. The van der Waals surface area contributed by atoms with Gasteiger partial charge in [-0.05, 0) is 43.4 Å². The van der Waals surface area contributed by atoms with Gasteiger partial charge in [-0.25, -0.2) is 0 Å². The molecule has 1 saturated carbocycles. The van der Waals surface area contributed by atoms with Crippen LogP contribution in [0.5, 0.6) is 0 Å². The van der Waals surface area contributed by atoms with Gasteiger partial charge < -0.3 is 10.4 Å². The van der Waals surface area contributed by atoms with Crippen molar-refractivity contribution in [3.05, 3.63) is 33.8 Å². The molecule has 0 radical (unpaired) electrons. The highest BCUT2D eigenvalue weighted by molar-refractivity contribution is 9.10. The van der Waals surface area contributed by atoms with Crippen molar-refractivity contribution in [3.8, 4) is 0 Å². The molecule has 16 heavy (non-hydrogen) atoms. The lowest BCUT2D eigenvalue weighted by Crippen LogP contribution is -2.46. The van der Waals surface area contributed by atoms with E-state index in [1.165, 1.54) is 11.1 Å². The molecule has 1 aromatic carbocycles. The maximum absolute atomic E-state index is 9.93. The lowest BCUT2D eigenvalue weighted by Gasteiger charge is -2.36. The fraction of sp³-hybridized carbons (Fsp3) is 0.538. The summed E-state index contributed by atoms with van der Waals surface area (Å²) in [6.45, 7) is 3.59. The van der Waals surface area contributed by atoms with Gasteiger partial charge in [0.2, 0.25) is 0 Å². The molecule has 2 nitrogen and oxygen atoms in total. The SMILES string of the molecule is Cc1ccc(CNCC2(O)CCC2)c(Br)c1. The zero-order chi connectivity index (χ0) is 11.6. The average molecular weight is 284 g/mol. The summed E-state index contributed by atoms with van der Waals surface area (Å²) < 4.78 is 1.14. The summed E-state index contributed by atoms with van der Waals surface area (Å²) in [5.74, 6) is 0. The molecule has 0 aliphatic heterocycles. The van der Waals surface area contributed by atoms with E-state index in [-0.39, 0.29) is 0 Å². The van der Waals surface area contributed by atoms with E-state index in [0.29, 0.717) is 6.54 Å². The van der Waals surface area contributed by atoms with Crippen LogP contribution < -0.4 is 5.32 Å². The van der Waals surface area contributed by atoms with Crippen LogP contribution >= 0.6 is 15.9 Å². The second-order valence-corrected chi connectivity index (χ2v) is 5.63. The van der Waals surface area contributed by atoms with Crippen molar-refractivity contribution >= 4 is 15.9 Å². The molecule has 1 aliphatic rings. The van der Waals surface area contributed by atoms with E-state index < -0.39 is 5.60 Å². The molecule has 0 atom stereocenters. The molecule has 0 unspecified atom stereocenters. The standard InChI is InChI=1S/C13H18BrNO/c1-10-3-4-11(12(14)7-10)8-15-9-13(16)5-2-6-13/h3-4,7,15-16H,2,5-6,8-9H2,1H3. The third-order valence-electron chi connectivity index (χ3n) is 3.26. The highest BCUT2D eigenvalue weighted by Gasteiger charge is 2.33. The van der Waals surface area contributed by atoms with Crippen LogP contribution in [0.1, 0.15) is 30.4 Å². The minimum atomic E-state index is -0.433. The van der Waals surface area contributed by atoms with Crippen LogP contribution in [0.4, 0.5) is 0 Å². The number of rotatable bonds is 4. The van der Waals surface area contributed by atoms with Crippen molar-refractivity contribution in [3.63, 3.8) is 0 Å². The van der Waals surface area contributed by atoms with E-state index in [9.17, 15) is 5.11 Å². The molecule has 0 spiro atoms. The van der Waals surface area contributed by atoms with Gasteiger partial charge in [-0.15, -0.1) is 0 Å². The average Bonchev–Trinajstić information content (AvgIpc) is 2.19. The first kappa shape index (κ1) is 12.1. The molecule has 2 rings (SSSR count). The van der Waals surface area contributed by atoms with Gasteiger partial charge in [-0.1, -0.05) is 28.1 Å². The van der Waals surface area contributed by atoms with Gasteiger partial charge in [-0.3, -0.25) is 0 Å². The number of aliphatic hydroxyl groups is 1. The summed E-state index contributed by atoms with van der Waals surface area (Å²) in [5.41, 5.74) is 2.07. The Labute approximate surface area is 105 Å². The highest BCUT2D eigenvalue weighted by Crippen LogP contribution is 2.30. The molecule has 0 heterocycles. The summed E-state index contributed by atoms with van der Waals surface area (Å²) in [5, 5.41) is 13.3. The molecular weight excluding hydrogens is 266 g/mol. The predicted octanol–water partition coefficient (Wildman–Crippen LogP) is 2.76. The van der Waals surface area contributed by atoms with Crippen molar-refractivity contribution in [1.29, 1.82) is 0 Å². The second-order valence-electron chi connectivity index (χ2n) is 4.78. The molecule has 0 saturated heterocycles. The van der Waals surface area contributed by atoms with Crippen molar-refractivity contribution in [2.24, 2.45) is 0 Å². The molecule has 1 fully saturated rings. The minimum Gasteiger partial charge on any atom is -0.389 e. The third kappa shape index (κ3) is 2.84. The molecule has 1 aromatic rings. The fourth-order valence-corrected chi connectivity index (χ4v) is 2.62. The van der Waals surface area contributed by atoms with Gasteiger partial charge >= 0.3 is 0 Å². The van der Waals surface area contributed by atoms with Crippen LogP contribution in [-0.4, -0.2) is 17.3 Å². The van der Waals surface area contributed by atoms with Crippen LogP contribution in [0.15, 0.2) is 22.7 Å². The Morgan fingerprint density at radius 3 is 2.75 bits per heavy atom. The van der Waals surface area contributed by atoms with Crippen LogP contribution in [0.2, 0.25) is 0 Å². The monoisotopic (exact) mass is 283 g/mol. The Balaban J connectivity index is 1.85. The summed E-state index contributed by atoms with van der Waals surface area (Å²) in [7, 11) is 0. The maximum atomic E-state index is 9.93. The topological polar surface area (TPSA) is 32.3 Å². The molecular formula is C13H18BrNO. The van der Waals surface area contributed by atoms with E-state index in [1.54, 1.807) is 0 Å². The molecule has 2 N–H and O–H groups in total. The second kappa shape index (κ2) is 4.86. The van der Waals surface area contributed by atoms with E-state index in [2.05, 4.69) is 46.4 Å². The molecule has 0 bridgehead atoms. The van der Waals surface area contributed by atoms with Crippen LogP contribution in [0.3, 0.4) is 0 Å². The molecule has 0 aromatic heterocycles. The van der Waals surface area contributed by atoms with Gasteiger partial charge in [0, 0.05) is 17.6 Å². The first-order chi connectivity index (χ1) is 7.59. The summed E-state index contributed by atoms with van der Waals surface area (Å²) in [6, 6.07) is 6.35. The Kier molecular flexibility index (Phi) is 3.67. The smallest absolute Gasteiger partial charge is 0.0771 e. The van der Waals surface area contributed by atoms with E-state index in [1.807, 2.05) is 0 Å². The number of benzene rings is 1. The lowest BCUT2D eigenvalue weighted by molar-refractivity contribution is -0.0314. The zero-order valence-electron chi connectivity index (χ0n) is 9.59. The number of hydrogen-bond acceptors (Lipinski definition) is 2. The first-order valence-electron chi connectivity index (χ1n) is 5.77. The van der Waals surface area contributed by atoms with E-state index in [4.69, 9.17) is 0 Å². The first-order valence-corrected chi connectivity index (χ1v) is 6.56.